The van der Waals surface area contributed by atoms with Gasteiger partial charge in [-0.2, -0.15) is 5.10 Å². The van der Waals surface area contributed by atoms with Crippen molar-refractivity contribution in [3.63, 3.8) is 0 Å². The molecule has 1 aromatic carbocycles. The normalized spacial score (nSPS) is 11.0. The van der Waals surface area contributed by atoms with Gasteiger partial charge in [0.2, 0.25) is 0 Å². The van der Waals surface area contributed by atoms with Crippen molar-refractivity contribution in [3.8, 4) is 11.3 Å². The number of unbranched alkanes of at least 4 members (excludes halogenated alkanes) is 1. The van der Waals surface area contributed by atoms with Gasteiger partial charge in [0.05, 0.1) is 5.56 Å². The molecule has 3 nitrogen and oxygen atoms in total. The molecule has 2 aromatic rings. The van der Waals surface area contributed by atoms with Crippen molar-refractivity contribution in [2.75, 3.05) is 0 Å². The lowest BCUT2D eigenvalue weighted by atomic mass is 10.1. The van der Waals surface area contributed by atoms with Crippen LogP contribution >= 0.6 is 11.8 Å². The predicted octanol–water partition coefficient (Wildman–Crippen LogP) is 4.66. The van der Waals surface area contributed by atoms with Gasteiger partial charge in [0.1, 0.15) is 5.69 Å². The van der Waals surface area contributed by atoms with Gasteiger partial charge in [-0.05, 0) is 18.6 Å². The first-order valence-corrected chi connectivity index (χ1v) is 8.31. The Morgan fingerprint density at radius 1 is 1.29 bits per heavy atom. The van der Waals surface area contributed by atoms with Crippen molar-refractivity contribution in [2.24, 2.45) is 0 Å². The number of benzene rings is 1. The molecule has 1 heterocycles. The summed E-state index contributed by atoms with van der Waals surface area (Å²) < 4.78 is 1.87. The number of aldehydes is 1. The summed E-state index contributed by atoms with van der Waals surface area (Å²) >= 11 is 1.83. The van der Waals surface area contributed by atoms with E-state index in [2.05, 4.69) is 38.0 Å². The maximum atomic E-state index is 11.2. The van der Waals surface area contributed by atoms with E-state index in [-0.39, 0.29) is 0 Å². The van der Waals surface area contributed by atoms with Gasteiger partial charge in [0, 0.05) is 28.5 Å². The van der Waals surface area contributed by atoms with Gasteiger partial charge in [-0.3, -0.25) is 9.48 Å². The summed E-state index contributed by atoms with van der Waals surface area (Å²) in [7, 11) is 0. The van der Waals surface area contributed by atoms with Crippen molar-refractivity contribution in [3.05, 3.63) is 36.0 Å². The van der Waals surface area contributed by atoms with Crippen molar-refractivity contribution >= 4 is 18.0 Å². The predicted molar refractivity (Wildman–Crippen MR) is 89.0 cm³/mol. The first-order valence-electron chi connectivity index (χ1n) is 7.43. The zero-order valence-electron chi connectivity index (χ0n) is 12.9. The second kappa shape index (κ2) is 7.46. The van der Waals surface area contributed by atoms with Crippen molar-refractivity contribution in [2.45, 2.75) is 50.3 Å². The number of aryl methyl sites for hydroxylation is 1. The summed E-state index contributed by atoms with van der Waals surface area (Å²) in [4.78, 5) is 12.5. The lowest BCUT2D eigenvalue weighted by Gasteiger charge is -2.05. The second-order valence-electron chi connectivity index (χ2n) is 5.36. The van der Waals surface area contributed by atoms with Gasteiger partial charge in [-0.1, -0.05) is 39.3 Å². The lowest BCUT2D eigenvalue weighted by Crippen LogP contribution is -1.97. The highest BCUT2D eigenvalue weighted by Gasteiger charge is 2.10. The van der Waals surface area contributed by atoms with Gasteiger partial charge >= 0.3 is 0 Å². The quantitative estimate of drug-likeness (QED) is 0.551. The van der Waals surface area contributed by atoms with Crippen LogP contribution in [0.2, 0.25) is 0 Å². The number of carbonyl (C=O) groups is 1. The van der Waals surface area contributed by atoms with Crippen LogP contribution in [0.15, 0.2) is 35.4 Å². The van der Waals surface area contributed by atoms with E-state index in [0.29, 0.717) is 10.8 Å². The third kappa shape index (κ3) is 4.21. The van der Waals surface area contributed by atoms with E-state index in [0.717, 1.165) is 36.9 Å². The molecule has 0 fully saturated rings. The van der Waals surface area contributed by atoms with Crippen LogP contribution in [0.1, 0.15) is 44.0 Å². The van der Waals surface area contributed by atoms with Crippen molar-refractivity contribution < 1.29 is 4.79 Å². The molecule has 0 saturated carbocycles. The summed E-state index contributed by atoms with van der Waals surface area (Å²) in [6, 6.07) is 8.29. The van der Waals surface area contributed by atoms with Crippen LogP contribution in [0.3, 0.4) is 0 Å². The minimum atomic E-state index is 0.564. The average molecular weight is 302 g/mol. The van der Waals surface area contributed by atoms with Gasteiger partial charge in [-0.15, -0.1) is 11.8 Å². The summed E-state index contributed by atoms with van der Waals surface area (Å²) in [5, 5.41) is 5.12. The number of thioether (sulfide) groups is 1. The molecule has 0 spiro atoms. The summed E-state index contributed by atoms with van der Waals surface area (Å²) in [6.07, 6.45) is 4.92. The van der Waals surface area contributed by atoms with E-state index in [1.807, 2.05) is 34.8 Å². The number of nitrogens with zero attached hydrogens (tertiary/aromatic N) is 2. The molecule has 0 saturated heterocycles. The highest BCUT2D eigenvalue weighted by Crippen LogP contribution is 2.27. The van der Waals surface area contributed by atoms with Crippen LogP contribution in [0, 0.1) is 0 Å². The molecule has 4 heteroatoms. The first-order chi connectivity index (χ1) is 10.1. The number of rotatable bonds is 7. The molecule has 0 aliphatic heterocycles. The third-order valence-electron chi connectivity index (χ3n) is 3.16. The lowest BCUT2D eigenvalue weighted by molar-refractivity contribution is 0.112. The van der Waals surface area contributed by atoms with E-state index < -0.39 is 0 Å². The van der Waals surface area contributed by atoms with Crippen LogP contribution in [0.4, 0.5) is 0 Å². The zero-order chi connectivity index (χ0) is 15.2. The number of hydrogen-bond donors (Lipinski definition) is 0. The van der Waals surface area contributed by atoms with E-state index >= 15 is 0 Å². The summed E-state index contributed by atoms with van der Waals surface area (Å²) in [5.41, 5.74) is 2.44. The largest absolute Gasteiger partial charge is 0.298 e. The standard InChI is InChI=1S/C17H22N2OS/c1-4-5-10-19-11-15(12-20)17(18-19)14-6-8-16(9-7-14)21-13(2)3/h6-9,11-13H,4-5,10H2,1-3H3. The highest BCUT2D eigenvalue weighted by molar-refractivity contribution is 7.99. The smallest absolute Gasteiger partial charge is 0.153 e. The third-order valence-corrected chi connectivity index (χ3v) is 4.17. The minimum Gasteiger partial charge on any atom is -0.298 e. The molecule has 0 N–H and O–H groups in total. The fourth-order valence-corrected chi connectivity index (χ4v) is 2.98. The Morgan fingerprint density at radius 2 is 2.00 bits per heavy atom. The monoisotopic (exact) mass is 302 g/mol. The maximum absolute atomic E-state index is 11.2. The molecule has 112 valence electrons. The molecule has 0 amide bonds. The summed E-state index contributed by atoms with van der Waals surface area (Å²) in [6.45, 7) is 7.37. The molecule has 0 unspecified atom stereocenters. The Bertz CT molecular complexity index is 587. The van der Waals surface area contributed by atoms with Gasteiger partial charge in [0.25, 0.3) is 0 Å². The molecule has 0 aliphatic rings. The van der Waals surface area contributed by atoms with Crippen LogP contribution in [0.25, 0.3) is 11.3 Å². The average Bonchev–Trinajstić information content (AvgIpc) is 2.88. The Balaban J connectivity index is 2.23. The Labute approximate surface area is 130 Å². The van der Waals surface area contributed by atoms with E-state index in [1.165, 1.54) is 4.90 Å². The van der Waals surface area contributed by atoms with Crippen LogP contribution in [0.5, 0.6) is 0 Å². The van der Waals surface area contributed by atoms with E-state index in [4.69, 9.17) is 0 Å². The zero-order valence-corrected chi connectivity index (χ0v) is 13.7. The van der Waals surface area contributed by atoms with Crippen molar-refractivity contribution in [1.29, 1.82) is 0 Å². The number of aromatic nitrogens is 2. The van der Waals surface area contributed by atoms with Gasteiger partial charge in [-0.25, -0.2) is 0 Å². The van der Waals surface area contributed by atoms with Crippen LogP contribution < -0.4 is 0 Å². The molecule has 0 atom stereocenters. The van der Waals surface area contributed by atoms with Gasteiger partial charge in [0.15, 0.2) is 6.29 Å². The molecule has 0 bridgehead atoms. The molecular formula is C17H22N2OS. The van der Waals surface area contributed by atoms with Gasteiger partial charge < -0.3 is 0 Å². The Morgan fingerprint density at radius 3 is 2.57 bits per heavy atom. The molecular weight excluding hydrogens is 280 g/mol. The topological polar surface area (TPSA) is 34.9 Å². The number of hydrogen-bond acceptors (Lipinski definition) is 3. The molecule has 21 heavy (non-hydrogen) atoms. The Kier molecular flexibility index (Phi) is 5.62. The SMILES string of the molecule is CCCCn1cc(C=O)c(-c2ccc(SC(C)C)cc2)n1. The highest BCUT2D eigenvalue weighted by atomic mass is 32.2. The van der Waals surface area contributed by atoms with Crippen LogP contribution in [-0.2, 0) is 6.54 Å². The van der Waals surface area contributed by atoms with E-state index in [9.17, 15) is 4.79 Å². The Hall–Kier alpha value is -1.55. The fraction of sp³-hybridized carbons (Fsp3) is 0.412. The maximum Gasteiger partial charge on any atom is 0.153 e. The summed E-state index contributed by atoms with van der Waals surface area (Å²) in [5.74, 6) is 0. The first kappa shape index (κ1) is 15.8. The van der Waals surface area contributed by atoms with E-state index in [1.54, 1.807) is 0 Å². The van der Waals surface area contributed by atoms with Crippen molar-refractivity contribution in [1.82, 2.24) is 9.78 Å². The molecule has 0 aliphatic carbocycles. The number of carbonyl (C=O) groups excluding carboxylic acids is 1. The molecule has 1 aromatic heterocycles. The second-order valence-corrected chi connectivity index (χ2v) is 7.01. The molecule has 2 rings (SSSR count). The molecule has 0 radical (unpaired) electrons. The minimum absolute atomic E-state index is 0.564. The fourth-order valence-electron chi connectivity index (χ4n) is 2.15. The van der Waals surface area contributed by atoms with Crippen LogP contribution in [-0.4, -0.2) is 21.3 Å².